The Morgan fingerprint density at radius 3 is 2.24 bits per heavy atom. The van der Waals surface area contributed by atoms with Crippen molar-refractivity contribution in [3.8, 4) is 5.69 Å². The summed E-state index contributed by atoms with van der Waals surface area (Å²) in [7, 11) is 0. The van der Waals surface area contributed by atoms with Crippen LogP contribution in [0.1, 0.15) is 31.8 Å². The second-order valence-corrected chi connectivity index (χ2v) is 7.98. The maximum absolute atomic E-state index is 13.9. The molecule has 4 rings (SSSR count). The summed E-state index contributed by atoms with van der Waals surface area (Å²) in [4.78, 5) is 49.6. The lowest BCUT2D eigenvalue weighted by molar-refractivity contribution is -0.137. The molecule has 0 unspecified atom stereocenters. The first kappa shape index (κ1) is 25.0. The van der Waals surface area contributed by atoms with Crippen LogP contribution in [0, 0.1) is 0 Å². The first-order chi connectivity index (χ1) is 17.3. The number of nitrogens with one attached hydrogen (secondary N) is 1. The van der Waals surface area contributed by atoms with Gasteiger partial charge in [-0.15, -0.1) is 0 Å². The summed E-state index contributed by atoms with van der Waals surface area (Å²) < 4.78 is 42.8. The predicted octanol–water partition coefficient (Wildman–Crippen LogP) is 3.82. The van der Waals surface area contributed by atoms with Crippen LogP contribution in [-0.2, 0) is 12.7 Å². The second-order valence-electron chi connectivity index (χ2n) is 7.98. The van der Waals surface area contributed by atoms with Crippen LogP contribution in [0.15, 0.2) is 65.7 Å². The van der Waals surface area contributed by atoms with E-state index in [0.29, 0.717) is 5.56 Å². The predicted molar refractivity (Wildman–Crippen MR) is 125 cm³/mol. The third kappa shape index (κ3) is 5.00. The van der Waals surface area contributed by atoms with Crippen LogP contribution in [0.25, 0.3) is 16.6 Å². The van der Waals surface area contributed by atoms with Gasteiger partial charge in [-0.2, -0.15) is 13.2 Å². The first-order valence-electron chi connectivity index (χ1n) is 10.4. The molecule has 37 heavy (non-hydrogen) atoms. The Labute approximate surface area is 205 Å². The Balaban J connectivity index is 1.75. The van der Waals surface area contributed by atoms with Gasteiger partial charge in [-0.05, 0) is 54.1 Å². The minimum Gasteiger partial charge on any atom is -0.478 e. The van der Waals surface area contributed by atoms with Crippen molar-refractivity contribution in [3.05, 3.63) is 93.5 Å². The van der Waals surface area contributed by atoms with E-state index in [1.54, 1.807) is 0 Å². The number of aromatic carboxylic acids is 2. The number of fused-ring (bicyclic) bond motifs is 1. The van der Waals surface area contributed by atoms with Crippen LogP contribution in [-0.4, -0.2) is 37.7 Å². The van der Waals surface area contributed by atoms with E-state index in [0.717, 1.165) is 27.7 Å². The number of benzene rings is 2. The standard InChI is InChI=1S/C24H17F3N4O6/c25-24(26,27)17-9-18-14(7-16(22(35)36)20(32)29-18)8-19(17)30-6-5-12(10-30)11-31(23(28)37)15-3-1-13(2-4-15)21(33)34/h1-10H,11H2,(H2,28,37)(H,29,32)(H,33,34)(H,35,36). The number of aromatic nitrogens is 2. The highest BCUT2D eigenvalue weighted by Crippen LogP contribution is 2.36. The van der Waals surface area contributed by atoms with E-state index in [1.807, 2.05) is 0 Å². The highest BCUT2D eigenvalue weighted by molar-refractivity contribution is 5.94. The summed E-state index contributed by atoms with van der Waals surface area (Å²) in [5.74, 6) is -2.69. The Bertz CT molecular complexity index is 1610. The molecule has 0 saturated carbocycles. The number of carbonyl (C=O) groups is 3. The van der Waals surface area contributed by atoms with Gasteiger partial charge in [0, 0.05) is 29.0 Å². The van der Waals surface area contributed by atoms with E-state index in [4.69, 9.17) is 10.8 Å². The zero-order chi connectivity index (χ0) is 27.1. The monoisotopic (exact) mass is 514 g/mol. The van der Waals surface area contributed by atoms with Crippen molar-refractivity contribution < 1.29 is 37.8 Å². The van der Waals surface area contributed by atoms with Crippen molar-refractivity contribution in [2.45, 2.75) is 12.7 Å². The molecule has 13 heteroatoms. The van der Waals surface area contributed by atoms with Crippen LogP contribution < -0.4 is 16.2 Å². The quantitative estimate of drug-likeness (QED) is 0.306. The van der Waals surface area contributed by atoms with Gasteiger partial charge < -0.3 is 25.5 Å². The Kier molecular flexibility index (Phi) is 6.21. The average molecular weight is 514 g/mol. The lowest BCUT2D eigenvalue weighted by Gasteiger charge is -2.20. The van der Waals surface area contributed by atoms with Crippen molar-refractivity contribution in [1.29, 1.82) is 0 Å². The minimum atomic E-state index is -4.82. The summed E-state index contributed by atoms with van der Waals surface area (Å²) in [6.07, 6.45) is -2.16. The summed E-state index contributed by atoms with van der Waals surface area (Å²) >= 11 is 0. The number of pyridine rings is 1. The number of carboxylic acids is 2. The van der Waals surface area contributed by atoms with Crippen LogP contribution in [0.3, 0.4) is 0 Å². The number of rotatable bonds is 6. The van der Waals surface area contributed by atoms with Crippen LogP contribution in [0.2, 0.25) is 0 Å². The van der Waals surface area contributed by atoms with Crippen LogP contribution in [0.5, 0.6) is 0 Å². The molecule has 0 atom stereocenters. The summed E-state index contributed by atoms with van der Waals surface area (Å²) in [5.41, 5.74) is 2.84. The molecule has 0 aliphatic heterocycles. The molecule has 10 nitrogen and oxygen atoms in total. The molecule has 0 bridgehead atoms. The Hall–Kier alpha value is -5.07. The molecule has 190 valence electrons. The number of alkyl halides is 3. The number of amides is 2. The summed E-state index contributed by atoms with van der Waals surface area (Å²) in [6.45, 7) is -0.139. The first-order valence-corrected chi connectivity index (χ1v) is 10.4. The number of primary amides is 1. The number of nitrogens with two attached hydrogens (primary N) is 1. The van der Waals surface area contributed by atoms with Gasteiger partial charge in [0.05, 0.1) is 23.4 Å². The highest BCUT2D eigenvalue weighted by atomic mass is 19.4. The smallest absolute Gasteiger partial charge is 0.418 e. The van der Waals surface area contributed by atoms with Gasteiger partial charge in [0.15, 0.2) is 0 Å². The van der Waals surface area contributed by atoms with Crippen molar-refractivity contribution in [3.63, 3.8) is 0 Å². The van der Waals surface area contributed by atoms with Crippen LogP contribution >= 0.6 is 0 Å². The molecular formula is C24H17F3N4O6. The number of carboxylic acid groups (broad SMARTS) is 2. The number of anilines is 1. The second kappa shape index (κ2) is 9.18. The minimum absolute atomic E-state index is 0.0114. The molecule has 0 radical (unpaired) electrons. The van der Waals surface area contributed by atoms with Crippen LogP contribution in [0.4, 0.5) is 23.7 Å². The maximum Gasteiger partial charge on any atom is 0.418 e. The van der Waals surface area contributed by atoms with Gasteiger partial charge in [0.1, 0.15) is 5.56 Å². The fourth-order valence-electron chi connectivity index (χ4n) is 3.79. The number of halogens is 3. The van der Waals surface area contributed by atoms with E-state index in [1.165, 1.54) is 42.7 Å². The van der Waals surface area contributed by atoms with E-state index in [9.17, 15) is 37.5 Å². The zero-order valence-corrected chi connectivity index (χ0v) is 18.6. The largest absolute Gasteiger partial charge is 0.478 e. The van der Waals surface area contributed by atoms with E-state index in [2.05, 4.69) is 4.98 Å². The van der Waals surface area contributed by atoms with Gasteiger partial charge >= 0.3 is 24.1 Å². The van der Waals surface area contributed by atoms with Gasteiger partial charge in [0.25, 0.3) is 5.56 Å². The number of aromatic amines is 1. The van der Waals surface area contributed by atoms with Crippen molar-refractivity contribution in [2.75, 3.05) is 4.90 Å². The lowest BCUT2D eigenvalue weighted by Crippen LogP contribution is -2.35. The third-order valence-corrected chi connectivity index (χ3v) is 5.56. The molecule has 2 aromatic heterocycles. The molecular weight excluding hydrogens is 497 g/mol. The van der Waals surface area contributed by atoms with Gasteiger partial charge in [-0.25, -0.2) is 14.4 Å². The summed E-state index contributed by atoms with van der Waals surface area (Å²) in [5, 5.41) is 18.3. The molecule has 4 aromatic rings. The normalized spacial score (nSPS) is 11.4. The molecule has 0 fully saturated rings. The molecule has 2 heterocycles. The topological polar surface area (TPSA) is 159 Å². The Morgan fingerprint density at radius 2 is 1.68 bits per heavy atom. The Morgan fingerprint density at radius 1 is 1.00 bits per heavy atom. The number of hydrogen-bond donors (Lipinski definition) is 4. The number of nitrogens with zero attached hydrogens (tertiary/aromatic N) is 2. The molecule has 2 aromatic carbocycles. The molecule has 0 aliphatic carbocycles. The average Bonchev–Trinajstić information content (AvgIpc) is 3.29. The van der Waals surface area contributed by atoms with Gasteiger partial charge in [-0.1, -0.05) is 0 Å². The fraction of sp³-hybridized carbons (Fsp3) is 0.0833. The number of H-pyrrole nitrogens is 1. The van der Waals surface area contributed by atoms with Gasteiger partial charge in [-0.3, -0.25) is 9.69 Å². The van der Waals surface area contributed by atoms with E-state index < -0.39 is 40.8 Å². The maximum atomic E-state index is 13.9. The van der Waals surface area contributed by atoms with Crippen molar-refractivity contribution >= 4 is 34.6 Å². The lowest BCUT2D eigenvalue weighted by atomic mass is 10.1. The molecule has 5 N–H and O–H groups in total. The zero-order valence-electron chi connectivity index (χ0n) is 18.6. The van der Waals surface area contributed by atoms with E-state index in [-0.39, 0.29) is 34.4 Å². The SMILES string of the molecule is NC(=O)N(Cc1ccn(-c2cc3cc(C(=O)O)c(=O)[nH]c3cc2C(F)(F)F)c1)c1ccc(C(=O)O)cc1. The van der Waals surface area contributed by atoms with Crippen molar-refractivity contribution in [2.24, 2.45) is 5.73 Å². The summed E-state index contributed by atoms with van der Waals surface area (Å²) in [6, 6.07) is 8.69. The van der Waals surface area contributed by atoms with E-state index >= 15 is 0 Å². The van der Waals surface area contributed by atoms with Crippen molar-refractivity contribution in [1.82, 2.24) is 9.55 Å². The number of urea groups is 1. The molecule has 0 saturated heterocycles. The fourth-order valence-corrected chi connectivity index (χ4v) is 3.79. The molecule has 0 aliphatic rings. The molecule has 0 spiro atoms. The number of hydrogen-bond acceptors (Lipinski definition) is 4. The highest BCUT2D eigenvalue weighted by Gasteiger charge is 2.35. The third-order valence-electron chi connectivity index (χ3n) is 5.56. The van der Waals surface area contributed by atoms with Gasteiger partial charge in [0.2, 0.25) is 0 Å². The number of carbonyl (C=O) groups excluding carboxylic acids is 1. The molecule has 2 amide bonds.